The molecular weight excluding hydrogens is 384 g/mol. The van der Waals surface area contributed by atoms with Gasteiger partial charge in [-0.2, -0.15) is 0 Å². The highest BCUT2D eigenvalue weighted by atomic mass is 35.5. The topological polar surface area (TPSA) is 71.1 Å². The fraction of sp³-hybridized carbons (Fsp3) is 0.238. The van der Waals surface area contributed by atoms with Gasteiger partial charge in [-0.3, -0.25) is 9.59 Å². The molecule has 3 rings (SSSR count). The Bertz CT molecular complexity index is 977. The molecule has 1 atom stereocenters. The summed E-state index contributed by atoms with van der Waals surface area (Å²) in [7, 11) is 3.06. The molecule has 0 radical (unpaired) electrons. The standard InChI is InChI=1S/C21H19ClO6/c1-11-15(28-21(24)12(2)22)9-8-14-18(23)17(27-19(11)14)10-13-6-5-7-16(25-3)20(13)26-4/h5-10,12H,1-4H3/b17-10-. The van der Waals surface area contributed by atoms with Gasteiger partial charge >= 0.3 is 5.97 Å². The van der Waals surface area contributed by atoms with Crippen molar-refractivity contribution in [1.29, 1.82) is 0 Å². The number of carbonyl (C=O) groups is 2. The molecule has 1 heterocycles. The van der Waals surface area contributed by atoms with Gasteiger partial charge in [-0.05, 0) is 38.1 Å². The zero-order chi connectivity index (χ0) is 20.4. The first-order chi connectivity index (χ1) is 13.4. The summed E-state index contributed by atoms with van der Waals surface area (Å²) in [6, 6.07) is 8.46. The van der Waals surface area contributed by atoms with Crippen molar-refractivity contribution in [3.05, 3.63) is 52.8 Å². The molecule has 2 aromatic rings. The van der Waals surface area contributed by atoms with Crippen LogP contribution in [0.25, 0.3) is 6.08 Å². The van der Waals surface area contributed by atoms with Crippen LogP contribution in [0.15, 0.2) is 36.1 Å². The minimum absolute atomic E-state index is 0.138. The second-order valence-corrected chi connectivity index (χ2v) is 6.78. The van der Waals surface area contributed by atoms with Gasteiger partial charge in [-0.15, -0.1) is 11.6 Å². The van der Waals surface area contributed by atoms with Crippen LogP contribution in [0.4, 0.5) is 0 Å². The van der Waals surface area contributed by atoms with Gasteiger partial charge in [0.05, 0.1) is 19.8 Å². The molecule has 0 saturated carbocycles. The third-order valence-electron chi connectivity index (χ3n) is 4.29. The number of para-hydroxylation sites is 1. The Kier molecular flexibility index (Phi) is 5.61. The number of ether oxygens (including phenoxy) is 4. The van der Waals surface area contributed by atoms with Gasteiger partial charge in [0.1, 0.15) is 16.9 Å². The summed E-state index contributed by atoms with van der Waals surface area (Å²) in [5.41, 5.74) is 1.57. The van der Waals surface area contributed by atoms with Crippen molar-refractivity contribution in [2.45, 2.75) is 19.2 Å². The van der Waals surface area contributed by atoms with Gasteiger partial charge in [0.15, 0.2) is 17.3 Å². The van der Waals surface area contributed by atoms with Gasteiger partial charge < -0.3 is 18.9 Å². The largest absolute Gasteiger partial charge is 0.493 e. The van der Waals surface area contributed by atoms with Crippen LogP contribution in [-0.2, 0) is 4.79 Å². The number of hydrogen-bond acceptors (Lipinski definition) is 6. The third-order valence-corrected chi connectivity index (χ3v) is 4.47. The van der Waals surface area contributed by atoms with E-state index in [0.29, 0.717) is 39.7 Å². The normalized spacial score (nSPS) is 15.0. The average Bonchev–Trinajstić information content (AvgIpc) is 3.00. The molecule has 0 aliphatic carbocycles. The third kappa shape index (κ3) is 3.55. The Morgan fingerprint density at radius 2 is 1.89 bits per heavy atom. The zero-order valence-electron chi connectivity index (χ0n) is 15.9. The quantitative estimate of drug-likeness (QED) is 0.323. The molecule has 0 spiro atoms. The second-order valence-electron chi connectivity index (χ2n) is 6.13. The van der Waals surface area contributed by atoms with Crippen molar-refractivity contribution in [2.75, 3.05) is 14.2 Å². The predicted octanol–water partition coefficient (Wildman–Crippen LogP) is 4.16. The van der Waals surface area contributed by atoms with E-state index in [2.05, 4.69) is 0 Å². The van der Waals surface area contributed by atoms with Crippen molar-refractivity contribution in [3.8, 4) is 23.0 Å². The first-order valence-electron chi connectivity index (χ1n) is 8.52. The van der Waals surface area contributed by atoms with E-state index < -0.39 is 11.3 Å². The molecule has 0 amide bonds. The van der Waals surface area contributed by atoms with Crippen LogP contribution >= 0.6 is 11.6 Å². The molecule has 28 heavy (non-hydrogen) atoms. The molecule has 0 aromatic heterocycles. The van der Waals surface area contributed by atoms with Crippen molar-refractivity contribution in [1.82, 2.24) is 0 Å². The molecule has 2 aromatic carbocycles. The van der Waals surface area contributed by atoms with Crippen LogP contribution in [0.3, 0.4) is 0 Å². The van der Waals surface area contributed by atoms with Crippen molar-refractivity contribution in [2.24, 2.45) is 0 Å². The maximum absolute atomic E-state index is 12.8. The van der Waals surface area contributed by atoms with Gasteiger partial charge in [0.2, 0.25) is 5.78 Å². The van der Waals surface area contributed by atoms with Crippen LogP contribution < -0.4 is 18.9 Å². The number of ketones is 1. The Morgan fingerprint density at radius 1 is 1.14 bits per heavy atom. The number of carbonyl (C=O) groups excluding carboxylic acids is 2. The number of Topliss-reactive ketones (excluding diaryl/α,β-unsaturated/α-hetero) is 1. The monoisotopic (exact) mass is 402 g/mol. The van der Waals surface area contributed by atoms with E-state index in [4.69, 9.17) is 30.5 Å². The Balaban J connectivity index is 1.97. The van der Waals surface area contributed by atoms with Crippen LogP contribution in [-0.4, -0.2) is 31.3 Å². The van der Waals surface area contributed by atoms with E-state index in [1.54, 1.807) is 43.3 Å². The van der Waals surface area contributed by atoms with Crippen molar-refractivity contribution in [3.63, 3.8) is 0 Å². The summed E-state index contributed by atoms with van der Waals surface area (Å²) in [6.45, 7) is 3.23. The van der Waals surface area contributed by atoms with Crippen molar-refractivity contribution >= 4 is 29.4 Å². The highest BCUT2D eigenvalue weighted by molar-refractivity contribution is 6.29. The number of allylic oxidation sites excluding steroid dienone is 1. The van der Waals surface area contributed by atoms with Crippen LogP contribution in [0, 0.1) is 6.92 Å². The van der Waals surface area contributed by atoms with Gasteiger partial charge in [0.25, 0.3) is 0 Å². The molecule has 146 valence electrons. The first-order valence-corrected chi connectivity index (χ1v) is 8.95. The molecule has 0 saturated heterocycles. The number of methoxy groups -OCH3 is 2. The van der Waals surface area contributed by atoms with Crippen LogP contribution in [0.2, 0.25) is 0 Å². The molecule has 7 heteroatoms. The fourth-order valence-electron chi connectivity index (χ4n) is 2.84. The number of fused-ring (bicyclic) bond motifs is 1. The molecular formula is C21H19ClO6. The molecule has 1 unspecified atom stereocenters. The summed E-state index contributed by atoms with van der Waals surface area (Å²) in [5, 5.41) is -0.786. The molecule has 1 aliphatic heterocycles. The Morgan fingerprint density at radius 3 is 2.54 bits per heavy atom. The van der Waals surface area contributed by atoms with Crippen LogP contribution in [0.1, 0.15) is 28.4 Å². The summed E-state index contributed by atoms with van der Waals surface area (Å²) >= 11 is 5.75. The maximum atomic E-state index is 12.8. The number of halogens is 1. The number of esters is 1. The molecule has 0 bridgehead atoms. The highest BCUT2D eigenvalue weighted by Gasteiger charge is 2.31. The van der Waals surface area contributed by atoms with E-state index in [1.807, 2.05) is 0 Å². The van der Waals surface area contributed by atoms with Gasteiger partial charge in [0, 0.05) is 11.1 Å². The lowest BCUT2D eigenvalue weighted by atomic mass is 10.1. The maximum Gasteiger partial charge on any atom is 0.329 e. The Hall–Kier alpha value is -2.99. The molecule has 0 fully saturated rings. The lowest BCUT2D eigenvalue weighted by molar-refractivity contribution is -0.133. The summed E-state index contributed by atoms with van der Waals surface area (Å²) in [5.74, 6) is 0.971. The number of hydrogen-bond donors (Lipinski definition) is 0. The van der Waals surface area contributed by atoms with E-state index in [-0.39, 0.29) is 11.5 Å². The molecule has 1 aliphatic rings. The van der Waals surface area contributed by atoms with E-state index in [9.17, 15) is 9.59 Å². The number of alkyl halides is 1. The molecule has 6 nitrogen and oxygen atoms in total. The second kappa shape index (κ2) is 7.94. The lowest BCUT2D eigenvalue weighted by Gasteiger charge is -2.11. The smallest absolute Gasteiger partial charge is 0.329 e. The highest BCUT2D eigenvalue weighted by Crippen LogP contribution is 2.40. The summed E-state index contributed by atoms with van der Waals surface area (Å²) < 4.78 is 21.7. The van der Waals surface area contributed by atoms with Crippen LogP contribution in [0.5, 0.6) is 23.0 Å². The van der Waals surface area contributed by atoms with E-state index >= 15 is 0 Å². The number of benzene rings is 2. The minimum atomic E-state index is -0.786. The van der Waals surface area contributed by atoms with E-state index in [0.717, 1.165) is 0 Å². The van der Waals surface area contributed by atoms with Gasteiger partial charge in [-0.25, -0.2) is 0 Å². The summed E-state index contributed by atoms with van der Waals surface area (Å²) in [4.78, 5) is 24.5. The zero-order valence-corrected chi connectivity index (χ0v) is 16.6. The number of rotatable bonds is 5. The fourth-order valence-corrected chi connectivity index (χ4v) is 2.88. The SMILES string of the molecule is COc1cccc(/C=C2\Oc3c(ccc(OC(=O)C(C)Cl)c3C)C2=O)c1OC. The summed E-state index contributed by atoms with van der Waals surface area (Å²) in [6.07, 6.45) is 1.59. The van der Waals surface area contributed by atoms with Gasteiger partial charge in [-0.1, -0.05) is 12.1 Å². The lowest BCUT2D eigenvalue weighted by Crippen LogP contribution is -2.18. The minimum Gasteiger partial charge on any atom is -0.493 e. The van der Waals surface area contributed by atoms with Crippen molar-refractivity contribution < 1.29 is 28.5 Å². The van der Waals surface area contributed by atoms with E-state index in [1.165, 1.54) is 21.1 Å². The predicted molar refractivity (Wildman–Crippen MR) is 105 cm³/mol. The average molecular weight is 403 g/mol. The first kappa shape index (κ1) is 19.8. The molecule has 0 N–H and O–H groups in total. The Labute approximate surface area is 167 Å².